The summed E-state index contributed by atoms with van der Waals surface area (Å²) in [5.74, 6) is 4.88. The monoisotopic (exact) mass is 275 g/mol. The number of carbonyl (C=O) groups is 1. The lowest BCUT2D eigenvalue weighted by atomic mass is 10.2. The van der Waals surface area contributed by atoms with Crippen molar-refractivity contribution in [2.24, 2.45) is 5.84 Å². The predicted molar refractivity (Wildman–Crippen MR) is 79.3 cm³/mol. The van der Waals surface area contributed by atoms with Gasteiger partial charge in [-0.2, -0.15) is 0 Å². The van der Waals surface area contributed by atoms with Crippen LogP contribution in [0.1, 0.15) is 20.1 Å². The smallest absolute Gasteiger partial charge is 0.275 e. The summed E-state index contributed by atoms with van der Waals surface area (Å²) in [6, 6.07) is 12.0. The number of nitrogens with two attached hydrogens (primary N) is 1. The molecule has 1 amide bonds. The molecule has 19 heavy (non-hydrogen) atoms. The van der Waals surface area contributed by atoms with Crippen molar-refractivity contribution in [3.63, 3.8) is 0 Å². The molecule has 3 N–H and O–H groups in total. The summed E-state index contributed by atoms with van der Waals surface area (Å²) in [7, 11) is 2.05. The molecule has 0 radical (unpaired) electrons. The molecule has 2 rings (SSSR count). The van der Waals surface area contributed by atoms with Crippen LogP contribution in [0.15, 0.2) is 36.4 Å². The molecule has 0 unspecified atom stereocenters. The second-order valence-corrected chi connectivity index (χ2v) is 5.55. The Kier molecular flexibility index (Phi) is 4.19. The zero-order chi connectivity index (χ0) is 13.8. The van der Waals surface area contributed by atoms with Crippen molar-refractivity contribution >= 4 is 22.9 Å². The molecule has 0 aliphatic carbocycles. The van der Waals surface area contributed by atoms with Gasteiger partial charge in [-0.1, -0.05) is 18.2 Å². The number of anilines is 1. The van der Waals surface area contributed by atoms with Crippen molar-refractivity contribution in [2.45, 2.75) is 13.5 Å². The quantitative estimate of drug-likeness (QED) is 0.511. The maximum absolute atomic E-state index is 11.4. The summed E-state index contributed by atoms with van der Waals surface area (Å²) >= 11 is 1.46. The number of benzene rings is 1. The lowest BCUT2D eigenvalue weighted by Gasteiger charge is -2.20. The van der Waals surface area contributed by atoms with Crippen molar-refractivity contribution in [3.8, 4) is 0 Å². The standard InChI is InChI=1S/C14H17N3OS/c1-10-5-3-4-6-12(10)17(2)9-11-7-8-13(19-11)14(18)16-15/h3-8H,9,15H2,1-2H3,(H,16,18). The van der Waals surface area contributed by atoms with Crippen molar-refractivity contribution in [1.82, 2.24) is 5.43 Å². The van der Waals surface area contributed by atoms with Gasteiger partial charge in [0.25, 0.3) is 5.91 Å². The highest BCUT2D eigenvalue weighted by atomic mass is 32.1. The Bertz CT molecular complexity index is 580. The SMILES string of the molecule is Cc1ccccc1N(C)Cc1ccc(C(=O)NN)s1. The molecule has 1 heterocycles. The van der Waals surface area contributed by atoms with E-state index in [0.29, 0.717) is 4.88 Å². The zero-order valence-corrected chi connectivity index (χ0v) is 11.8. The van der Waals surface area contributed by atoms with E-state index in [1.54, 1.807) is 6.07 Å². The molecule has 1 aromatic carbocycles. The highest BCUT2D eigenvalue weighted by molar-refractivity contribution is 7.14. The van der Waals surface area contributed by atoms with E-state index >= 15 is 0 Å². The Morgan fingerprint density at radius 2 is 2.05 bits per heavy atom. The molecule has 0 aliphatic rings. The van der Waals surface area contributed by atoms with E-state index in [-0.39, 0.29) is 5.91 Å². The average Bonchev–Trinajstić information content (AvgIpc) is 2.86. The van der Waals surface area contributed by atoms with Gasteiger partial charge in [0.05, 0.1) is 11.4 Å². The van der Waals surface area contributed by atoms with Crippen LogP contribution in [0.2, 0.25) is 0 Å². The fourth-order valence-corrected chi connectivity index (χ4v) is 2.93. The number of nitrogens with one attached hydrogen (secondary N) is 1. The Balaban J connectivity index is 2.11. The van der Waals surface area contributed by atoms with Gasteiger partial charge in [0.1, 0.15) is 0 Å². The third-order valence-corrected chi connectivity index (χ3v) is 4.01. The zero-order valence-electron chi connectivity index (χ0n) is 11.0. The first-order valence-corrected chi connectivity index (χ1v) is 6.80. The van der Waals surface area contributed by atoms with Gasteiger partial charge in [-0.05, 0) is 30.7 Å². The summed E-state index contributed by atoms with van der Waals surface area (Å²) in [5, 5.41) is 0. The van der Waals surface area contributed by atoms with Crippen LogP contribution in [0.25, 0.3) is 0 Å². The maximum atomic E-state index is 11.4. The number of nitrogens with zero attached hydrogens (tertiary/aromatic N) is 1. The van der Waals surface area contributed by atoms with E-state index < -0.39 is 0 Å². The van der Waals surface area contributed by atoms with E-state index in [1.165, 1.54) is 22.6 Å². The first-order valence-electron chi connectivity index (χ1n) is 5.98. The van der Waals surface area contributed by atoms with Crippen molar-refractivity contribution in [3.05, 3.63) is 51.7 Å². The molecule has 0 spiro atoms. The minimum absolute atomic E-state index is 0.241. The first-order chi connectivity index (χ1) is 9.11. The highest BCUT2D eigenvalue weighted by Gasteiger charge is 2.10. The lowest BCUT2D eigenvalue weighted by Crippen LogP contribution is -2.29. The number of hydrogen-bond donors (Lipinski definition) is 2. The average molecular weight is 275 g/mol. The molecule has 100 valence electrons. The van der Waals surface area contributed by atoms with Crippen molar-refractivity contribution in [2.75, 3.05) is 11.9 Å². The van der Waals surface area contributed by atoms with Crippen molar-refractivity contribution in [1.29, 1.82) is 0 Å². The molecule has 0 bridgehead atoms. The number of hydrogen-bond acceptors (Lipinski definition) is 4. The van der Waals surface area contributed by atoms with Gasteiger partial charge < -0.3 is 4.90 Å². The Morgan fingerprint density at radius 1 is 1.32 bits per heavy atom. The number of hydrazine groups is 1. The number of aryl methyl sites for hydroxylation is 1. The molecule has 5 heteroatoms. The number of amides is 1. The third-order valence-electron chi connectivity index (χ3n) is 2.94. The normalized spacial score (nSPS) is 10.3. The number of thiophene rings is 1. The number of para-hydroxylation sites is 1. The summed E-state index contributed by atoms with van der Waals surface area (Å²) in [4.78, 5) is 15.3. The van der Waals surface area contributed by atoms with E-state index in [0.717, 1.165) is 11.4 Å². The van der Waals surface area contributed by atoms with Crippen LogP contribution in [0, 0.1) is 6.92 Å². The third kappa shape index (κ3) is 3.13. The van der Waals surface area contributed by atoms with Gasteiger partial charge in [-0.25, -0.2) is 5.84 Å². The second kappa shape index (κ2) is 5.86. The van der Waals surface area contributed by atoms with Crippen LogP contribution in [-0.2, 0) is 6.54 Å². The van der Waals surface area contributed by atoms with Crippen LogP contribution in [-0.4, -0.2) is 13.0 Å². The van der Waals surface area contributed by atoms with Crippen molar-refractivity contribution < 1.29 is 4.79 Å². The van der Waals surface area contributed by atoms with E-state index in [9.17, 15) is 4.79 Å². The topological polar surface area (TPSA) is 58.4 Å². The first kappa shape index (κ1) is 13.6. The minimum Gasteiger partial charge on any atom is -0.369 e. The minimum atomic E-state index is -0.241. The molecule has 2 aromatic rings. The Labute approximate surface area is 116 Å². The van der Waals surface area contributed by atoms with E-state index in [1.807, 2.05) is 25.2 Å². The molecular weight excluding hydrogens is 258 g/mol. The lowest BCUT2D eigenvalue weighted by molar-refractivity contribution is 0.0957. The number of carbonyl (C=O) groups excluding carboxylic acids is 1. The number of nitrogen functional groups attached to an aromatic ring is 1. The Hall–Kier alpha value is -1.85. The van der Waals surface area contributed by atoms with Gasteiger partial charge in [0, 0.05) is 17.6 Å². The van der Waals surface area contributed by atoms with Crippen LogP contribution < -0.4 is 16.2 Å². The van der Waals surface area contributed by atoms with Gasteiger partial charge in [0.15, 0.2) is 0 Å². The fourth-order valence-electron chi connectivity index (χ4n) is 1.97. The molecule has 0 fully saturated rings. The predicted octanol–water partition coefficient (Wildman–Crippen LogP) is 2.30. The molecule has 4 nitrogen and oxygen atoms in total. The maximum Gasteiger partial charge on any atom is 0.275 e. The molecule has 0 aliphatic heterocycles. The molecule has 0 atom stereocenters. The van der Waals surface area contributed by atoms with Gasteiger partial charge >= 0.3 is 0 Å². The molecule has 0 saturated heterocycles. The summed E-state index contributed by atoms with van der Waals surface area (Å²) in [6.45, 7) is 2.86. The molecule has 0 saturated carbocycles. The van der Waals surface area contributed by atoms with Gasteiger partial charge in [-0.15, -0.1) is 11.3 Å². The Morgan fingerprint density at radius 3 is 2.74 bits per heavy atom. The van der Waals surface area contributed by atoms with E-state index in [4.69, 9.17) is 5.84 Å². The van der Waals surface area contributed by atoms with Gasteiger partial charge in [-0.3, -0.25) is 10.2 Å². The van der Waals surface area contributed by atoms with Crippen LogP contribution in [0.5, 0.6) is 0 Å². The summed E-state index contributed by atoms with van der Waals surface area (Å²) in [5.41, 5.74) is 4.58. The van der Waals surface area contributed by atoms with Crippen LogP contribution in [0.4, 0.5) is 5.69 Å². The number of rotatable bonds is 4. The van der Waals surface area contributed by atoms with Crippen LogP contribution in [0.3, 0.4) is 0 Å². The molecule has 1 aromatic heterocycles. The van der Waals surface area contributed by atoms with Crippen LogP contribution >= 0.6 is 11.3 Å². The van der Waals surface area contributed by atoms with Gasteiger partial charge in [0.2, 0.25) is 0 Å². The summed E-state index contributed by atoms with van der Waals surface area (Å²) in [6.07, 6.45) is 0. The second-order valence-electron chi connectivity index (χ2n) is 4.38. The largest absolute Gasteiger partial charge is 0.369 e. The summed E-state index contributed by atoms with van der Waals surface area (Å²) < 4.78 is 0. The molecular formula is C14H17N3OS. The fraction of sp³-hybridized carbons (Fsp3) is 0.214. The highest BCUT2D eigenvalue weighted by Crippen LogP contribution is 2.23. The van der Waals surface area contributed by atoms with E-state index in [2.05, 4.69) is 29.4 Å².